The van der Waals surface area contributed by atoms with Crippen LogP contribution in [0.2, 0.25) is 0 Å². The number of amides is 2. The maximum absolute atomic E-state index is 12.8. The highest BCUT2D eigenvalue weighted by atomic mass is 19.1. The number of benzene rings is 1. The molecule has 33 heavy (non-hydrogen) atoms. The lowest BCUT2D eigenvalue weighted by atomic mass is 9.80. The van der Waals surface area contributed by atoms with Crippen molar-refractivity contribution in [1.29, 1.82) is 0 Å². The number of rotatable bonds is 7. The van der Waals surface area contributed by atoms with Crippen molar-refractivity contribution in [1.82, 2.24) is 20.1 Å². The standard InChI is InChI=1S/C25H31FN4O3/c1-29-11-3-6-22(25(29)33)18-7-9-21(10-8-18)30-15-20(16-30)28-23(31)14-27-24(32)19-5-2-4-17(12-19)13-26/h2-6,11-12,18,20-21H,7-10,13-16H2,1H3,(H,27,32)(H,28,31). The lowest BCUT2D eigenvalue weighted by molar-refractivity contribution is -0.122. The van der Waals surface area contributed by atoms with Crippen LogP contribution in [0.5, 0.6) is 0 Å². The number of halogens is 1. The van der Waals surface area contributed by atoms with Crippen molar-refractivity contribution in [3.8, 4) is 0 Å². The fourth-order valence-electron chi connectivity index (χ4n) is 4.92. The number of carbonyl (C=O) groups is 2. The Morgan fingerprint density at radius 2 is 1.85 bits per heavy atom. The van der Waals surface area contributed by atoms with E-state index >= 15 is 0 Å². The first kappa shape index (κ1) is 23.2. The molecule has 7 nitrogen and oxygen atoms in total. The average Bonchev–Trinajstić information content (AvgIpc) is 2.81. The van der Waals surface area contributed by atoms with Crippen molar-refractivity contribution >= 4 is 11.8 Å². The molecule has 2 fully saturated rings. The van der Waals surface area contributed by atoms with Crippen molar-refractivity contribution in [2.24, 2.45) is 7.05 Å². The molecule has 2 aromatic rings. The van der Waals surface area contributed by atoms with Gasteiger partial charge in [-0.15, -0.1) is 0 Å². The molecule has 176 valence electrons. The smallest absolute Gasteiger partial charge is 0.253 e. The van der Waals surface area contributed by atoms with E-state index in [0.717, 1.165) is 44.3 Å². The van der Waals surface area contributed by atoms with Gasteiger partial charge in [0.1, 0.15) is 6.67 Å². The Kier molecular flexibility index (Phi) is 7.23. The summed E-state index contributed by atoms with van der Waals surface area (Å²) < 4.78 is 14.4. The number of alkyl halides is 1. The van der Waals surface area contributed by atoms with Gasteiger partial charge in [0.15, 0.2) is 0 Å². The summed E-state index contributed by atoms with van der Waals surface area (Å²) in [6.07, 6.45) is 5.91. The summed E-state index contributed by atoms with van der Waals surface area (Å²) in [4.78, 5) is 39.1. The van der Waals surface area contributed by atoms with Crippen molar-refractivity contribution in [3.05, 3.63) is 69.6 Å². The van der Waals surface area contributed by atoms with Gasteiger partial charge >= 0.3 is 0 Å². The van der Waals surface area contributed by atoms with Crippen LogP contribution in [0.15, 0.2) is 47.4 Å². The van der Waals surface area contributed by atoms with E-state index in [9.17, 15) is 18.8 Å². The summed E-state index contributed by atoms with van der Waals surface area (Å²) in [6, 6.07) is 10.8. The van der Waals surface area contributed by atoms with Gasteiger partial charge in [-0.05, 0) is 55.4 Å². The van der Waals surface area contributed by atoms with E-state index in [-0.39, 0.29) is 30.0 Å². The van der Waals surface area contributed by atoms with Crippen LogP contribution in [-0.2, 0) is 18.5 Å². The number of aromatic nitrogens is 1. The highest BCUT2D eigenvalue weighted by Gasteiger charge is 2.35. The van der Waals surface area contributed by atoms with Crippen LogP contribution >= 0.6 is 0 Å². The van der Waals surface area contributed by atoms with Gasteiger partial charge in [-0.3, -0.25) is 19.3 Å². The van der Waals surface area contributed by atoms with Crippen LogP contribution in [0.25, 0.3) is 0 Å². The molecule has 1 aliphatic heterocycles. The number of aryl methyl sites for hydroxylation is 1. The molecule has 2 amide bonds. The van der Waals surface area contributed by atoms with Gasteiger partial charge in [0, 0.05) is 43.5 Å². The largest absolute Gasteiger partial charge is 0.349 e. The van der Waals surface area contributed by atoms with Crippen molar-refractivity contribution in [3.63, 3.8) is 0 Å². The number of hydrogen-bond acceptors (Lipinski definition) is 4. The molecule has 1 saturated carbocycles. The number of pyridine rings is 1. The lowest BCUT2D eigenvalue weighted by Gasteiger charge is -2.46. The second-order valence-electron chi connectivity index (χ2n) is 9.12. The van der Waals surface area contributed by atoms with Crippen molar-refractivity contribution in [2.45, 2.75) is 50.4 Å². The maximum atomic E-state index is 12.8. The molecule has 0 spiro atoms. The third-order valence-electron chi connectivity index (χ3n) is 6.83. The predicted molar refractivity (Wildman–Crippen MR) is 124 cm³/mol. The first-order chi connectivity index (χ1) is 15.9. The fourth-order valence-corrected chi connectivity index (χ4v) is 4.92. The highest BCUT2D eigenvalue weighted by Crippen LogP contribution is 2.34. The Morgan fingerprint density at radius 3 is 2.58 bits per heavy atom. The second kappa shape index (κ2) is 10.3. The van der Waals surface area contributed by atoms with Gasteiger partial charge in [0.25, 0.3) is 11.5 Å². The molecule has 2 aliphatic rings. The lowest BCUT2D eigenvalue weighted by Crippen LogP contribution is -2.63. The summed E-state index contributed by atoms with van der Waals surface area (Å²) in [5, 5.41) is 5.56. The van der Waals surface area contributed by atoms with Gasteiger partial charge in [-0.1, -0.05) is 18.2 Å². The first-order valence-corrected chi connectivity index (χ1v) is 11.6. The third-order valence-corrected chi connectivity index (χ3v) is 6.83. The highest BCUT2D eigenvalue weighted by molar-refractivity contribution is 5.96. The molecule has 1 aliphatic carbocycles. The van der Waals surface area contributed by atoms with Crippen LogP contribution in [0.3, 0.4) is 0 Å². The zero-order valence-corrected chi connectivity index (χ0v) is 18.9. The third kappa shape index (κ3) is 5.50. The van der Waals surface area contributed by atoms with Gasteiger partial charge in [0.05, 0.1) is 12.6 Å². The molecule has 8 heteroatoms. The Bertz CT molecular complexity index is 1060. The van der Waals surface area contributed by atoms with Gasteiger partial charge in [0.2, 0.25) is 5.91 Å². The summed E-state index contributed by atoms with van der Waals surface area (Å²) in [7, 11) is 1.79. The molecule has 1 saturated heterocycles. The number of likely N-dealkylation sites (tertiary alicyclic amines) is 1. The van der Waals surface area contributed by atoms with Gasteiger partial charge < -0.3 is 15.2 Å². The Hall–Kier alpha value is -3.00. The molecule has 0 atom stereocenters. The van der Waals surface area contributed by atoms with E-state index in [4.69, 9.17) is 0 Å². The zero-order valence-electron chi connectivity index (χ0n) is 18.9. The molecule has 0 radical (unpaired) electrons. The van der Waals surface area contributed by atoms with E-state index in [1.165, 1.54) is 6.07 Å². The minimum atomic E-state index is -0.633. The van der Waals surface area contributed by atoms with Crippen molar-refractivity contribution in [2.75, 3.05) is 19.6 Å². The summed E-state index contributed by atoms with van der Waals surface area (Å²) in [5.74, 6) is -0.286. The van der Waals surface area contributed by atoms with E-state index in [1.807, 2.05) is 12.1 Å². The van der Waals surface area contributed by atoms with E-state index < -0.39 is 6.67 Å². The molecule has 1 aromatic heterocycles. The molecule has 0 bridgehead atoms. The molecule has 4 rings (SSSR count). The molecular weight excluding hydrogens is 423 g/mol. The van der Waals surface area contributed by atoms with Gasteiger partial charge in [-0.2, -0.15) is 0 Å². The predicted octanol–water partition coefficient (Wildman–Crippen LogP) is 2.11. The first-order valence-electron chi connectivity index (χ1n) is 11.6. The number of nitrogens with one attached hydrogen (secondary N) is 2. The molecule has 0 unspecified atom stereocenters. The van der Waals surface area contributed by atoms with Crippen LogP contribution in [0.4, 0.5) is 4.39 Å². The number of nitrogens with zero attached hydrogens (tertiary/aromatic N) is 2. The minimum absolute atomic E-state index is 0.0865. The normalized spacial score (nSPS) is 21.3. The fraction of sp³-hybridized carbons (Fsp3) is 0.480. The molecule has 2 N–H and O–H groups in total. The average molecular weight is 455 g/mol. The second-order valence-corrected chi connectivity index (χ2v) is 9.12. The molecule has 2 heterocycles. The van der Waals surface area contributed by atoms with Gasteiger partial charge in [-0.25, -0.2) is 4.39 Å². The van der Waals surface area contributed by atoms with E-state index in [2.05, 4.69) is 15.5 Å². The summed E-state index contributed by atoms with van der Waals surface area (Å²) in [6.45, 7) is 0.875. The SMILES string of the molecule is Cn1cccc(C2CCC(N3CC(NC(=O)CNC(=O)c4cccc(CF)c4)C3)CC2)c1=O. The Labute approximate surface area is 193 Å². The minimum Gasteiger partial charge on any atom is -0.349 e. The quantitative estimate of drug-likeness (QED) is 0.671. The van der Waals surface area contributed by atoms with Crippen LogP contribution in [-0.4, -0.2) is 53.0 Å². The van der Waals surface area contributed by atoms with Crippen LogP contribution < -0.4 is 16.2 Å². The Morgan fingerprint density at radius 1 is 1.09 bits per heavy atom. The van der Waals surface area contributed by atoms with Crippen molar-refractivity contribution < 1.29 is 14.0 Å². The summed E-state index contributed by atoms with van der Waals surface area (Å²) in [5.41, 5.74) is 1.80. The van der Waals surface area contributed by atoms with E-state index in [0.29, 0.717) is 23.1 Å². The zero-order chi connectivity index (χ0) is 23.4. The van der Waals surface area contributed by atoms with Crippen LogP contribution in [0.1, 0.15) is 53.1 Å². The van der Waals surface area contributed by atoms with Crippen LogP contribution in [0, 0.1) is 0 Å². The topological polar surface area (TPSA) is 83.4 Å². The molecular formula is C25H31FN4O3. The molecule has 1 aromatic carbocycles. The number of hydrogen-bond donors (Lipinski definition) is 2. The Balaban J connectivity index is 1.16. The number of carbonyl (C=O) groups excluding carboxylic acids is 2. The maximum Gasteiger partial charge on any atom is 0.253 e. The van der Waals surface area contributed by atoms with E-state index in [1.54, 1.807) is 36.0 Å². The summed E-state index contributed by atoms with van der Waals surface area (Å²) >= 11 is 0. The monoisotopic (exact) mass is 454 g/mol.